The van der Waals surface area contributed by atoms with E-state index < -0.39 is 0 Å². The minimum Gasteiger partial charge on any atom is -0.468 e. The highest BCUT2D eigenvalue weighted by atomic mass is 32.1. The summed E-state index contributed by atoms with van der Waals surface area (Å²) in [6, 6.07) is 0.0755. The zero-order valence-electron chi connectivity index (χ0n) is 9.40. The summed E-state index contributed by atoms with van der Waals surface area (Å²) >= 11 is 5.01. The first-order valence-electron chi connectivity index (χ1n) is 5.24. The third-order valence-corrected chi connectivity index (χ3v) is 2.72. The Bertz CT molecular complexity index is 286. The van der Waals surface area contributed by atoms with E-state index >= 15 is 0 Å². The van der Waals surface area contributed by atoms with Crippen molar-refractivity contribution in [1.82, 2.24) is 4.90 Å². The Labute approximate surface area is 96.1 Å². The van der Waals surface area contributed by atoms with Crippen LogP contribution in [0.1, 0.15) is 27.2 Å². The van der Waals surface area contributed by atoms with E-state index in [4.69, 9.17) is 17.0 Å². The topological polar surface area (TPSA) is 29.5 Å². The number of ether oxygens (including phenoxy) is 1. The minimum atomic E-state index is -0.0712. The summed E-state index contributed by atoms with van der Waals surface area (Å²) in [6.45, 7) is 6.63. The lowest BCUT2D eigenvalue weighted by Gasteiger charge is -2.22. The molecule has 1 fully saturated rings. The van der Waals surface area contributed by atoms with E-state index in [0.717, 1.165) is 6.42 Å². The third kappa shape index (κ3) is 2.78. The Balaban J connectivity index is 2.76. The molecule has 1 atom stereocenters. The first-order chi connectivity index (χ1) is 7.07. The van der Waals surface area contributed by atoms with E-state index in [-0.39, 0.29) is 11.9 Å². The first-order valence-corrected chi connectivity index (χ1v) is 5.65. The van der Waals surface area contributed by atoms with Crippen LogP contribution in [0.25, 0.3) is 0 Å². The number of thiocarbonyl (C=S) groups is 1. The molecule has 3 nitrogen and oxygen atoms in total. The number of hydrogen-bond acceptors (Lipinski definition) is 3. The van der Waals surface area contributed by atoms with Crippen molar-refractivity contribution in [2.45, 2.75) is 33.2 Å². The van der Waals surface area contributed by atoms with Crippen LogP contribution in [0.2, 0.25) is 0 Å². The second-order valence-corrected chi connectivity index (χ2v) is 4.26. The monoisotopic (exact) mass is 227 g/mol. The Morgan fingerprint density at radius 2 is 2.40 bits per heavy atom. The van der Waals surface area contributed by atoms with Gasteiger partial charge in [-0.3, -0.25) is 9.69 Å². The number of nitrogens with zero attached hydrogens (tertiary/aromatic N) is 1. The first kappa shape index (κ1) is 12.2. The summed E-state index contributed by atoms with van der Waals surface area (Å²) < 4.78 is 5.24. The lowest BCUT2D eigenvalue weighted by molar-refractivity contribution is -0.123. The smallest absolute Gasteiger partial charge is 0.266 e. The van der Waals surface area contributed by atoms with Gasteiger partial charge in [0, 0.05) is 0 Å². The number of carbonyl (C=O) groups is 1. The molecule has 0 aromatic heterocycles. The molecule has 1 aliphatic rings. The van der Waals surface area contributed by atoms with Gasteiger partial charge < -0.3 is 4.74 Å². The van der Waals surface area contributed by atoms with Gasteiger partial charge in [-0.2, -0.15) is 0 Å². The SMILES string of the molecule is CC/C=C/C(=O)N1C(=S)OC[C@@H]1C(C)C. The molecule has 0 saturated carbocycles. The third-order valence-electron chi connectivity index (χ3n) is 2.41. The summed E-state index contributed by atoms with van der Waals surface area (Å²) in [5.74, 6) is 0.280. The molecule has 1 aliphatic heterocycles. The Morgan fingerprint density at radius 3 is 2.93 bits per heavy atom. The average Bonchev–Trinajstić information content (AvgIpc) is 2.56. The van der Waals surface area contributed by atoms with Crippen LogP contribution in [-0.2, 0) is 9.53 Å². The van der Waals surface area contributed by atoms with E-state index in [1.165, 1.54) is 0 Å². The number of carbonyl (C=O) groups excluding carboxylic acids is 1. The summed E-state index contributed by atoms with van der Waals surface area (Å²) in [5.41, 5.74) is 0. The van der Waals surface area contributed by atoms with Gasteiger partial charge in [-0.1, -0.05) is 26.8 Å². The highest BCUT2D eigenvalue weighted by molar-refractivity contribution is 7.80. The number of allylic oxidation sites excluding steroid dienone is 1. The molecule has 1 amide bonds. The fourth-order valence-corrected chi connectivity index (χ4v) is 1.77. The van der Waals surface area contributed by atoms with Gasteiger partial charge in [-0.15, -0.1) is 0 Å². The molecule has 0 spiro atoms. The van der Waals surface area contributed by atoms with Crippen molar-refractivity contribution in [2.75, 3.05) is 6.61 Å². The highest BCUT2D eigenvalue weighted by Gasteiger charge is 2.35. The van der Waals surface area contributed by atoms with Gasteiger partial charge in [0.1, 0.15) is 6.61 Å². The molecule has 0 N–H and O–H groups in total. The quantitative estimate of drug-likeness (QED) is 0.546. The lowest BCUT2D eigenvalue weighted by Crippen LogP contribution is -2.40. The highest BCUT2D eigenvalue weighted by Crippen LogP contribution is 2.20. The van der Waals surface area contributed by atoms with Crippen LogP contribution in [0.15, 0.2) is 12.2 Å². The number of rotatable bonds is 3. The van der Waals surface area contributed by atoms with Crippen LogP contribution in [-0.4, -0.2) is 28.6 Å². The molecule has 0 aromatic rings. The largest absolute Gasteiger partial charge is 0.468 e. The minimum absolute atomic E-state index is 0.0712. The van der Waals surface area contributed by atoms with E-state index in [0.29, 0.717) is 17.7 Å². The fraction of sp³-hybridized carbons (Fsp3) is 0.636. The van der Waals surface area contributed by atoms with Crippen LogP contribution in [0.5, 0.6) is 0 Å². The van der Waals surface area contributed by atoms with Crippen molar-refractivity contribution in [3.8, 4) is 0 Å². The van der Waals surface area contributed by atoms with Crippen molar-refractivity contribution >= 4 is 23.3 Å². The molecular weight excluding hydrogens is 210 g/mol. The standard InChI is InChI=1S/C11H17NO2S/c1-4-5-6-10(13)12-9(8(2)3)7-14-11(12)15/h5-6,8-9H,4,7H2,1-3H3/b6-5+/t9-/m1/s1. The van der Waals surface area contributed by atoms with E-state index in [1.54, 1.807) is 11.0 Å². The molecule has 0 bridgehead atoms. The zero-order valence-corrected chi connectivity index (χ0v) is 10.2. The van der Waals surface area contributed by atoms with Crippen molar-refractivity contribution in [1.29, 1.82) is 0 Å². The number of hydrogen-bond donors (Lipinski definition) is 0. The molecule has 0 aliphatic carbocycles. The van der Waals surface area contributed by atoms with Crippen LogP contribution < -0.4 is 0 Å². The molecule has 1 heterocycles. The predicted octanol–water partition coefficient (Wildman–Crippen LogP) is 2.12. The fourth-order valence-electron chi connectivity index (χ4n) is 1.48. The van der Waals surface area contributed by atoms with Gasteiger partial charge in [0.15, 0.2) is 0 Å². The Kier molecular flexibility index (Phi) is 4.27. The van der Waals surface area contributed by atoms with Crippen LogP contribution in [0.3, 0.4) is 0 Å². The van der Waals surface area contributed by atoms with Gasteiger partial charge in [-0.05, 0) is 30.6 Å². The van der Waals surface area contributed by atoms with Crippen LogP contribution in [0.4, 0.5) is 0 Å². The summed E-state index contributed by atoms with van der Waals surface area (Å²) in [6.07, 6.45) is 4.25. The molecule has 84 valence electrons. The van der Waals surface area contributed by atoms with E-state index in [1.807, 2.05) is 13.0 Å². The van der Waals surface area contributed by atoms with Crippen LogP contribution >= 0.6 is 12.2 Å². The summed E-state index contributed by atoms with van der Waals surface area (Å²) in [4.78, 5) is 13.4. The lowest BCUT2D eigenvalue weighted by atomic mass is 10.0. The van der Waals surface area contributed by atoms with Crippen molar-refractivity contribution in [2.24, 2.45) is 5.92 Å². The molecule has 4 heteroatoms. The van der Waals surface area contributed by atoms with Crippen molar-refractivity contribution < 1.29 is 9.53 Å². The van der Waals surface area contributed by atoms with Gasteiger partial charge in [0.25, 0.3) is 11.1 Å². The van der Waals surface area contributed by atoms with Crippen molar-refractivity contribution in [3.63, 3.8) is 0 Å². The van der Waals surface area contributed by atoms with E-state index in [2.05, 4.69) is 13.8 Å². The summed E-state index contributed by atoms with van der Waals surface area (Å²) in [5, 5.41) is 0.305. The normalized spacial score (nSPS) is 21.5. The van der Waals surface area contributed by atoms with Gasteiger partial charge >= 0.3 is 0 Å². The summed E-state index contributed by atoms with van der Waals surface area (Å²) in [7, 11) is 0. The Morgan fingerprint density at radius 1 is 1.73 bits per heavy atom. The van der Waals surface area contributed by atoms with Crippen LogP contribution in [0, 0.1) is 5.92 Å². The molecule has 0 aromatic carbocycles. The average molecular weight is 227 g/mol. The molecule has 15 heavy (non-hydrogen) atoms. The molecule has 0 radical (unpaired) electrons. The molecule has 1 rings (SSSR count). The van der Waals surface area contributed by atoms with E-state index in [9.17, 15) is 4.79 Å². The molecular formula is C11H17NO2S. The maximum absolute atomic E-state index is 11.8. The predicted molar refractivity (Wildman–Crippen MR) is 63.5 cm³/mol. The second-order valence-electron chi connectivity index (χ2n) is 3.91. The zero-order chi connectivity index (χ0) is 11.4. The van der Waals surface area contributed by atoms with Gasteiger partial charge in [0.2, 0.25) is 0 Å². The molecule has 1 saturated heterocycles. The maximum atomic E-state index is 11.8. The number of amides is 1. The van der Waals surface area contributed by atoms with Crippen molar-refractivity contribution in [3.05, 3.63) is 12.2 Å². The maximum Gasteiger partial charge on any atom is 0.266 e. The van der Waals surface area contributed by atoms with Gasteiger partial charge in [0.05, 0.1) is 6.04 Å². The second kappa shape index (κ2) is 5.26. The Hall–Kier alpha value is -0.900. The molecule has 0 unspecified atom stereocenters. The van der Waals surface area contributed by atoms with Gasteiger partial charge in [-0.25, -0.2) is 0 Å².